The summed E-state index contributed by atoms with van der Waals surface area (Å²) in [7, 11) is 0. The number of amides is 1. The third-order valence-electron chi connectivity index (χ3n) is 4.08. The zero-order chi connectivity index (χ0) is 16.4. The van der Waals surface area contributed by atoms with Crippen molar-refractivity contribution in [2.24, 2.45) is 0 Å². The van der Waals surface area contributed by atoms with Crippen LogP contribution in [0.2, 0.25) is 0 Å². The molecule has 0 bridgehead atoms. The summed E-state index contributed by atoms with van der Waals surface area (Å²) in [5, 5.41) is 0. The van der Waals surface area contributed by atoms with Gasteiger partial charge in [0.2, 0.25) is 5.91 Å². The van der Waals surface area contributed by atoms with E-state index in [1.807, 2.05) is 48.5 Å². The predicted molar refractivity (Wildman–Crippen MR) is 94.0 cm³/mol. The van der Waals surface area contributed by atoms with Gasteiger partial charge in [-0.2, -0.15) is 0 Å². The molecular formula is C19H16N2O2S. The van der Waals surface area contributed by atoms with Crippen LogP contribution in [0.15, 0.2) is 76.4 Å². The van der Waals surface area contributed by atoms with Gasteiger partial charge in [-0.3, -0.25) is 9.69 Å². The molecule has 0 radical (unpaired) electrons. The van der Waals surface area contributed by atoms with Crippen molar-refractivity contribution in [3.8, 4) is 0 Å². The van der Waals surface area contributed by atoms with Crippen molar-refractivity contribution in [1.82, 2.24) is 4.98 Å². The molecule has 1 unspecified atom stereocenters. The Labute approximate surface area is 144 Å². The van der Waals surface area contributed by atoms with Gasteiger partial charge < -0.3 is 4.42 Å². The average molecular weight is 336 g/mol. The van der Waals surface area contributed by atoms with E-state index in [1.165, 1.54) is 4.90 Å². The summed E-state index contributed by atoms with van der Waals surface area (Å²) in [6.45, 7) is 0.381. The first kappa shape index (κ1) is 15.0. The smallest absolute Gasteiger partial charge is 0.237 e. The molecule has 1 amide bonds. The molecule has 0 saturated carbocycles. The van der Waals surface area contributed by atoms with E-state index in [2.05, 4.69) is 11.1 Å². The van der Waals surface area contributed by atoms with E-state index in [1.54, 1.807) is 29.1 Å². The molecule has 1 aliphatic rings. The Morgan fingerprint density at radius 3 is 2.83 bits per heavy atom. The van der Waals surface area contributed by atoms with Crippen molar-refractivity contribution in [3.05, 3.63) is 78.4 Å². The van der Waals surface area contributed by atoms with E-state index < -0.39 is 0 Å². The molecule has 0 N–H and O–H groups in total. The van der Waals surface area contributed by atoms with Crippen LogP contribution in [0.5, 0.6) is 0 Å². The SMILES string of the molecule is O=C(C1CSc2ccccc21)N(Cc1ccco1)c1ccccn1. The van der Waals surface area contributed by atoms with Crippen molar-refractivity contribution in [2.45, 2.75) is 17.4 Å². The number of anilines is 1. The first-order chi connectivity index (χ1) is 11.8. The third kappa shape index (κ3) is 2.83. The van der Waals surface area contributed by atoms with Gasteiger partial charge in [-0.25, -0.2) is 4.98 Å². The number of thioether (sulfide) groups is 1. The van der Waals surface area contributed by atoms with E-state index in [4.69, 9.17) is 4.42 Å². The molecule has 1 aliphatic heterocycles. The van der Waals surface area contributed by atoms with Gasteiger partial charge in [-0.15, -0.1) is 11.8 Å². The van der Waals surface area contributed by atoms with E-state index in [-0.39, 0.29) is 11.8 Å². The molecule has 3 heterocycles. The monoisotopic (exact) mass is 336 g/mol. The fourth-order valence-electron chi connectivity index (χ4n) is 2.90. The Kier molecular flexibility index (Phi) is 4.09. The summed E-state index contributed by atoms with van der Waals surface area (Å²) >= 11 is 1.73. The molecule has 0 aliphatic carbocycles. The molecule has 0 saturated heterocycles. The molecule has 3 aromatic rings. The lowest BCUT2D eigenvalue weighted by Gasteiger charge is -2.24. The van der Waals surface area contributed by atoms with Gasteiger partial charge in [0.25, 0.3) is 0 Å². The van der Waals surface area contributed by atoms with Crippen molar-refractivity contribution in [3.63, 3.8) is 0 Å². The highest BCUT2D eigenvalue weighted by atomic mass is 32.2. The maximum absolute atomic E-state index is 13.3. The fraction of sp³-hybridized carbons (Fsp3) is 0.158. The number of hydrogen-bond acceptors (Lipinski definition) is 4. The Morgan fingerprint density at radius 2 is 2.04 bits per heavy atom. The minimum atomic E-state index is -0.150. The lowest BCUT2D eigenvalue weighted by atomic mass is 9.99. The molecule has 4 nitrogen and oxygen atoms in total. The Hall–Kier alpha value is -2.53. The molecule has 5 heteroatoms. The average Bonchev–Trinajstić information content (AvgIpc) is 3.29. The summed E-state index contributed by atoms with van der Waals surface area (Å²) in [6.07, 6.45) is 3.33. The molecule has 0 fully saturated rings. The first-order valence-corrected chi connectivity index (χ1v) is 8.78. The fourth-order valence-corrected chi connectivity index (χ4v) is 4.12. The number of aromatic nitrogens is 1. The second-order valence-corrected chi connectivity index (χ2v) is 6.65. The topological polar surface area (TPSA) is 46.3 Å². The maximum Gasteiger partial charge on any atom is 0.237 e. The molecule has 120 valence electrons. The van der Waals surface area contributed by atoms with Crippen molar-refractivity contribution in [2.75, 3.05) is 10.7 Å². The quantitative estimate of drug-likeness (QED) is 0.720. The van der Waals surface area contributed by atoms with Crippen LogP contribution in [0, 0.1) is 0 Å². The van der Waals surface area contributed by atoms with Crippen LogP contribution in [0.3, 0.4) is 0 Å². The van der Waals surface area contributed by atoms with E-state index in [9.17, 15) is 4.79 Å². The van der Waals surface area contributed by atoms with Crippen LogP contribution < -0.4 is 4.90 Å². The number of rotatable bonds is 4. The zero-order valence-electron chi connectivity index (χ0n) is 13.0. The molecule has 0 spiro atoms. The molecule has 4 rings (SSSR count). The van der Waals surface area contributed by atoms with E-state index >= 15 is 0 Å². The minimum Gasteiger partial charge on any atom is -0.467 e. The van der Waals surface area contributed by atoms with Gasteiger partial charge in [0.1, 0.15) is 11.6 Å². The number of fused-ring (bicyclic) bond motifs is 1. The standard InChI is InChI=1S/C19H16N2O2S/c22-19(16-13-24-17-8-2-1-7-15(16)17)21(12-14-6-5-11-23-14)18-9-3-4-10-20-18/h1-11,16H,12-13H2. The summed E-state index contributed by atoms with van der Waals surface area (Å²) < 4.78 is 5.44. The van der Waals surface area contributed by atoms with Gasteiger partial charge in [-0.05, 0) is 35.9 Å². The first-order valence-electron chi connectivity index (χ1n) is 7.79. The minimum absolute atomic E-state index is 0.0579. The number of carbonyl (C=O) groups excluding carboxylic acids is 1. The van der Waals surface area contributed by atoms with Crippen LogP contribution in [0.4, 0.5) is 5.82 Å². The Bertz CT molecular complexity index is 834. The zero-order valence-corrected chi connectivity index (χ0v) is 13.8. The summed E-state index contributed by atoms with van der Waals surface area (Å²) in [5.74, 6) is 2.06. The summed E-state index contributed by atoms with van der Waals surface area (Å²) in [5.41, 5.74) is 1.10. The van der Waals surface area contributed by atoms with Crippen molar-refractivity contribution in [1.29, 1.82) is 0 Å². The van der Waals surface area contributed by atoms with Crippen molar-refractivity contribution >= 4 is 23.5 Å². The van der Waals surface area contributed by atoms with Crippen molar-refractivity contribution < 1.29 is 9.21 Å². The molecule has 2 aromatic heterocycles. The molecule has 1 atom stereocenters. The van der Waals surface area contributed by atoms with Crippen LogP contribution in [-0.2, 0) is 11.3 Å². The van der Waals surface area contributed by atoms with E-state index in [0.717, 1.165) is 17.1 Å². The second-order valence-electron chi connectivity index (χ2n) is 5.59. The van der Waals surface area contributed by atoms with Crippen LogP contribution in [0.25, 0.3) is 0 Å². The summed E-state index contributed by atoms with van der Waals surface area (Å²) in [6, 6.07) is 17.4. The van der Waals surface area contributed by atoms with Gasteiger partial charge in [0.15, 0.2) is 0 Å². The van der Waals surface area contributed by atoms with Crippen LogP contribution in [0.1, 0.15) is 17.2 Å². The highest BCUT2D eigenvalue weighted by Gasteiger charge is 2.33. The second kappa shape index (κ2) is 6.53. The number of furan rings is 1. The van der Waals surface area contributed by atoms with Gasteiger partial charge >= 0.3 is 0 Å². The summed E-state index contributed by atoms with van der Waals surface area (Å²) in [4.78, 5) is 20.5. The lowest BCUT2D eigenvalue weighted by molar-refractivity contribution is -0.119. The molecule has 1 aromatic carbocycles. The normalized spacial score (nSPS) is 15.9. The third-order valence-corrected chi connectivity index (χ3v) is 5.27. The number of pyridine rings is 1. The van der Waals surface area contributed by atoms with Crippen LogP contribution >= 0.6 is 11.8 Å². The Morgan fingerprint density at radius 1 is 1.17 bits per heavy atom. The van der Waals surface area contributed by atoms with Gasteiger partial charge in [0.05, 0.1) is 18.7 Å². The molecule has 24 heavy (non-hydrogen) atoms. The number of hydrogen-bond donors (Lipinski definition) is 0. The largest absolute Gasteiger partial charge is 0.467 e. The van der Waals surface area contributed by atoms with Gasteiger partial charge in [-0.1, -0.05) is 24.3 Å². The predicted octanol–water partition coefficient (Wildman–Crippen LogP) is 4.10. The van der Waals surface area contributed by atoms with Gasteiger partial charge in [0, 0.05) is 16.8 Å². The highest BCUT2D eigenvalue weighted by molar-refractivity contribution is 7.99. The van der Waals surface area contributed by atoms with Crippen LogP contribution in [-0.4, -0.2) is 16.6 Å². The highest BCUT2D eigenvalue weighted by Crippen LogP contribution is 2.40. The van der Waals surface area contributed by atoms with E-state index in [0.29, 0.717) is 12.4 Å². The molecular weight excluding hydrogens is 320 g/mol. The Balaban J connectivity index is 1.67. The lowest BCUT2D eigenvalue weighted by Crippen LogP contribution is -2.35. The number of carbonyl (C=O) groups is 1. The number of nitrogens with zero attached hydrogens (tertiary/aromatic N) is 2. The number of benzene rings is 1. The maximum atomic E-state index is 13.3.